The van der Waals surface area contributed by atoms with Gasteiger partial charge in [-0.1, -0.05) is 24.3 Å². The Hall–Kier alpha value is -2.99. The van der Waals surface area contributed by atoms with E-state index in [1.54, 1.807) is 29.1 Å². The fraction of sp³-hybridized carbons (Fsp3) is 0.158. The topological polar surface area (TPSA) is 67.2 Å². The quantitative estimate of drug-likeness (QED) is 0.724. The van der Waals surface area contributed by atoms with Gasteiger partial charge in [0.15, 0.2) is 0 Å². The summed E-state index contributed by atoms with van der Waals surface area (Å²) in [6, 6.07) is 15.1. The first kappa shape index (κ1) is 16.9. The van der Waals surface area contributed by atoms with Crippen molar-refractivity contribution < 1.29 is 14.3 Å². The van der Waals surface area contributed by atoms with Crippen molar-refractivity contribution in [2.24, 2.45) is 0 Å². The summed E-state index contributed by atoms with van der Waals surface area (Å²) in [5.74, 6) is -0.462. The summed E-state index contributed by atoms with van der Waals surface area (Å²) in [5, 5.41) is 16.5. The molecule has 2 N–H and O–H groups in total. The van der Waals surface area contributed by atoms with Crippen molar-refractivity contribution in [2.75, 3.05) is 0 Å². The summed E-state index contributed by atoms with van der Waals surface area (Å²) in [6.07, 6.45) is 1.88. The molecule has 0 unspecified atom stereocenters. The van der Waals surface area contributed by atoms with Crippen LogP contribution in [0.25, 0.3) is 5.69 Å². The second-order valence-electron chi connectivity index (χ2n) is 5.61. The second-order valence-corrected chi connectivity index (χ2v) is 5.61. The van der Waals surface area contributed by atoms with Gasteiger partial charge in [-0.05, 0) is 41.5 Å². The van der Waals surface area contributed by atoms with Gasteiger partial charge in [-0.3, -0.25) is 4.79 Å². The molecule has 3 rings (SSSR count). The van der Waals surface area contributed by atoms with Crippen molar-refractivity contribution in [3.8, 4) is 5.69 Å². The van der Waals surface area contributed by atoms with Crippen LogP contribution in [0.2, 0.25) is 0 Å². The fourth-order valence-corrected chi connectivity index (χ4v) is 2.50. The highest BCUT2D eigenvalue weighted by Crippen LogP contribution is 2.10. The predicted octanol–water partition coefficient (Wildman–Crippen LogP) is 2.36. The Bertz CT molecular complexity index is 859. The number of carbonyl (C=O) groups excluding carboxylic acids is 1. The predicted molar refractivity (Wildman–Crippen MR) is 91.4 cm³/mol. The zero-order valence-corrected chi connectivity index (χ0v) is 13.5. The molecule has 0 bridgehead atoms. The van der Waals surface area contributed by atoms with Gasteiger partial charge in [0.05, 0.1) is 24.4 Å². The Labute approximate surface area is 144 Å². The molecule has 25 heavy (non-hydrogen) atoms. The number of rotatable bonds is 6. The van der Waals surface area contributed by atoms with E-state index in [-0.39, 0.29) is 24.8 Å². The average molecular weight is 339 g/mol. The highest BCUT2D eigenvalue weighted by atomic mass is 19.1. The molecule has 0 saturated carbocycles. The van der Waals surface area contributed by atoms with Crippen molar-refractivity contribution in [3.05, 3.63) is 83.4 Å². The Morgan fingerprint density at radius 2 is 1.80 bits per heavy atom. The van der Waals surface area contributed by atoms with Crippen LogP contribution in [-0.2, 0) is 24.4 Å². The minimum absolute atomic E-state index is 0.0614. The van der Waals surface area contributed by atoms with E-state index in [9.17, 15) is 14.3 Å². The summed E-state index contributed by atoms with van der Waals surface area (Å²) < 4.78 is 14.6. The van der Waals surface area contributed by atoms with Crippen LogP contribution in [0, 0.1) is 5.82 Å². The first-order chi connectivity index (χ1) is 12.2. The Balaban J connectivity index is 1.59. The lowest BCUT2D eigenvalue weighted by Crippen LogP contribution is -2.25. The normalized spacial score (nSPS) is 10.6. The Morgan fingerprint density at radius 1 is 1.08 bits per heavy atom. The number of hydrogen-bond acceptors (Lipinski definition) is 3. The van der Waals surface area contributed by atoms with Gasteiger partial charge in [-0.2, -0.15) is 5.10 Å². The Morgan fingerprint density at radius 3 is 2.52 bits per heavy atom. The third-order valence-electron chi connectivity index (χ3n) is 3.84. The van der Waals surface area contributed by atoms with Crippen LogP contribution in [-0.4, -0.2) is 20.8 Å². The molecule has 5 nitrogen and oxygen atoms in total. The number of aliphatic hydroxyl groups is 1. The maximum Gasteiger partial charge on any atom is 0.226 e. The number of amides is 1. The first-order valence-corrected chi connectivity index (χ1v) is 7.90. The van der Waals surface area contributed by atoms with Crippen molar-refractivity contribution in [3.63, 3.8) is 0 Å². The summed E-state index contributed by atoms with van der Waals surface area (Å²) in [6.45, 7) is 0.294. The van der Waals surface area contributed by atoms with Crippen LogP contribution in [0.3, 0.4) is 0 Å². The zero-order valence-electron chi connectivity index (χ0n) is 13.5. The van der Waals surface area contributed by atoms with E-state index in [2.05, 4.69) is 10.4 Å². The SMILES string of the molecule is O=C(Cc1ccn(-c2ccc(F)cc2)n1)NCc1ccccc1CO. The molecule has 1 amide bonds. The van der Waals surface area contributed by atoms with E-state index in [0.717, 1.165) is 16.8 Å². The summed E-state index contributed by atoms with van der Waals surface area (Å²) in [7, 11) is 0. The van der Waals surface area contributed by atoms with Crippen LogP contribution in [0.15, 0.2) is 60.8 Å². The summed E-state index contributed by atoms with van der Waals surface area (Å²) >= 11 is 0. The number of nitrogens with zero attached hydrogens (tertiary/aromatic N) is 2. The average Bonchev–Trinajstić information content (AvgIpc) is 3.09. The standard InChI is InChI=1S/C19H18FN3O2/c20-16-5-7-18(8-6-16)23-10-9-17(22-23)11-19(25)21-12-14-3-1-2-4-15(14)13-24/h1-10,24H,11-13H2,(H,21,25). The largest absolute Gasteiger partial charge is 0.392 e. The number of carbonyl (C=O) groups is 1. The number of aromatic nitrogens is 2. The third kappa shape index (κ3) is 4.30. The highest BCUT2D eigenvalue weighted by molar-refractivity contribution is 5.78. The second kappa shape index (κ2) is 7.72. The Kier molecular flexibility index (Phi) is 5.20. The zero-order chi connectivity index (χ0) is 17.6. The molecule has 0 spiro atoms. The van der Waals surface area contributed by atoms with E-state index in [4.69, 9.17) is 0 Å². The maximum absolute atomic E-state index is 13.0. The van der Waals surface area contributed by atoms with Gasteiger partial charge in [-0.15, -0.1) is 0 Å². The molecular formula is C19H18FN3O2. The number of benzene rings is 2. The van der Waals surface area contributed by atoms with Gasteiger partial charge < -0.3 is 10.4 Å². The van der Waals surface area contributed by atoms with Gasteiger partial charge in [0.2, 0.25) is 5.91 Å². The molecule has 6 heteroatoms. The van der Waals surface area contributed by atoms with Crippen LogP contribution in [0.1, 0.15) is 16.8 Å². The minimum atomic E-state index is -0.307. The van der Waals surface area contributed by atoms with Crippen LogP contribution < -0.4 is 5.32 Å². The van der Waals surface area contributed by atoms with Crippen LogP contribution in [0.5, 0.6) is 0 Å². The monoisotopic (exact) mass is 339 g/mol. The van der Waals surface area contributed by atoms with Crippen molar-refractivity contribution in [1.29, 1.82) is 0 Å². The lowest BCUT2D eigenvalue weighted by molar-refractivity contribution is -0.120. The van der Waals surface area contributed by atoms with Gasteiger partial charge in [0, 0.05) is 12.7 Å². The first-order valence-electron chi connectivity index (χ1n) is 7.90. The molecule has 0 atom stereocenters. The number of nitrogens with one attached hydrogen (secondary N) is 1. The van der Waals surface area contributed by atoms with E-state index in [1.165, 1.54) is 12.1 Å². The minimum Gasteiger partial charge on any atom is -0.392 e. The summed E-state index contributed by atoms with van der Waals surface area (Å²) in [5.41, 5.74) is 3.03. The van der Waals surface area contributed by atoms with Gasteiger partial charge >= 0.3 is 0 Å². The molecule has 0 aliphatic carbocycles. The fourth-order valence-electron chi connectivity index (χ4n) is 2.50. The van der Waals surface area contributed by atoms with E-state index >= 15 is 0 Å². The molecule has 1 heterocycles. The molecule has 3 aromatic rings. The molecule has 128 valence electrons. The number of hydrogen-bond donors (Lipinski definition) is 2. The highest BCUT2D eigenvalue weighted by Gasteiger charge is 2.08. The number of aliphatic hydroxyl groups excluding tert-OH is 1. The van der Waals surface area contributed by atoms with Crippen LogP contribution >= 0.6 is 0 Å². The molecule has 0 fully saturated rings. The van der Waals surface area contributed by atoms with Gasteiger partial charge in [0.25, 0.3) is 0 Å². The van der Waals surface area contributed by atoms with E-state index in [1.807, 2.05) is 24.3 Å². The lowest BCUT2D eigenvalue weighted by atomic mass is 10.1. The lowest BCUT2D eigenvalue weighted by Gasteiger charge is -2.08. The van der Waals surface area contributed by atoms with E-state index in [0.29, 0.717) is 12.2 Å². The summed E-state index contributed by atoms with van der Waals surface area (Å²) in [4.78, 5) is 12.1. The van der Waals surface area contributed by atoms with E-state index < -0.39 is 0 Å². The molecular weight excluding hydrogens is 321 g/mol. The third-order valence-corrected chi connectivity index (χ3v) is 3.84. The van der Waals surface area contributed by atoms with Gasteiger partial charge in [-0.25, -0.2) is 9.07 Å². The van der Waals surface area contributed by atoms with Crippen molar-refractivity contribution in [1.82, 2.24) is 15.1 Å². The molecule has 2 aromatic carbocycles. The van der Waals surface area contributed by atoms with Crippen LogP contribution in [0.4, 0.5) is 4.39 Å². The molecule has 0 aliphatic rings. The van der Waals surface area contributed by atoms with Gasteiger partial charge in [0.1, 0.15) is 5.82 Å². The maximum atomic E-state index is 13.0. The molecule has 0 radical (unpaired) electrons. The molecule has 0 aliphatic heterocycles. The van der Waals surface area contributed by atoms with Crippen molar-refractivity contribution >= 4 is 5.91 Å². The molecule has 0 saturated heterocycles. The smallest absolute Gasteiger partial charge is 0.226 e. The molecule has 1 aromatic heterocycles. The van der Waals surface area contributed by atoms with Crippen molar-refractivity contribution in [2.45, 2.75) is 19.6 Å². The number of halogens is 1.